The average molecular weight is 296 g/mol. The van der Waals surface area contributed by atoms with E-state index in [1.165, 1.54) is 6.20 Å². The number of hydrogen-bond acceptors (Lipinski definition) is 6. The van der Waals surface area contributed by atoms with Crippen molar-refractivity contribution in [2.24, 2.45) is 5.92 Å². The quantitative estimate of drug-likeness (QED) is 0.865. The molecule has 1 N–H and O–H groups in total. The first-order valence-electron chi connectivity index (χ1n) is 7.30. The van der Waals surface area contributed by atoms with Gasteiger partial charge in [-0.2, -0.15) is 4.98 Å². The third kappa shape index (κ3) is 2.80. The maximum absolute atomic E-state index is 14.0. The van der Waals surface area contributed by atoms with Gasteiger partial charge in [-0.1, -0.05) is 6.92 Å². The summed E-state index contributed by atoms with van der Waals surface area (Å²) >= 11 is 0. The summed E-state index contributed by atoms with van der Waals surface area (Å²) in [6, 6.07) is 0. The molecule has 2 fully saturated rings. The van der Waals surface area contributed by atoms with Gasteiger partial charge in [-0.3, -0.25) is 0 Å². The summed E-state index contributed by atoms with van der Waals surface area (Å²) in [6.45, 7) is 7.34. The zero-order valence-corrected chi connectivity index (χ0v) is 12.4. The zero-order valence-electron chi connectivity index (χ0n) is 12.4. The molecule has 0 spiro atoms. The van der Waals surface area contributed by atoms with Gasteiger partial charge in [-0.05, 0) is 6.92 Å². The number of ether oxygens (including phenoxy) is 1. The molecule has 7 heteroatoms. The molecule has 0 amide bonds. The normalized spacial score (nSPS) is 30.0. The van der Waals surface area contributed by atoms with Crippen LogP contribution in [0.2, 0.25) is 0 Å². The van der Waals surface area contributed by atoms with Crippen molar-refractivity contribution in [2.75, 3.05) is 49.2 Å². The van der Waals surface area contributed by atoms with Crippen molar-refractivity contribution in [1.82, 2.24) is 9.97 Å². The summed E-state index contributed by atoms with van der Waals surface area (Å²) in [6.07, 6.45) is 1.21. The van der Waals surface area contributed by atoms with Gasteiger partial charge < -0.3 is 19.6 Å². The topological polar surface area (TPSA) is 61.7 Å². The Morgan fingerprint density at radius 1 is 1.38 bits per heavy atom. The van der Waals surface area contributed by atoms with Crippen molar-refractivity contribution < 1.29 is 14.2 Å². The van der Waals surface area contributed by atoms with Gasteiger partial charge >= 0.3 is 0 Å². The second-order valence-electron chi connectivity index (χ2n) is 6.08. The fraction of sp³-hybridized carbons (Fsp3) is 0.714. The molecule has 2 saturated heterocycles. The van der Waals surface area contributed by atoms with Gasteiger partial charge in [0.15, 0.2) is 11.6 Å². The largest absolute Gasteiger partial charge is 0.388 e. The Morgan fingerprint density at radius 3 is 2.71 bits per heavy atom. The standard InChI is InChI=1S/C14H21FN4O2/c1-10-8-19(9-14(10,2)20)13-16-7-11(15)12(17-13)18-3-5-21-6-4-18/h7,10,20H,3-6,8-9H2,1-2H3/t10-,14+/m1/s1. The van der Waals surface area contributed by atoms with Crippen molar-refractivity contribution in [3.63, 3.8) is 0 Å². The lowest BCUT2D eigenvalue weighted by atomic mass is 9.95. The van der Waals surface area contributed by atoms with Gasteiger partial charge in [0.25, 0.3) is 0 Å². The molecule has 3 heterocycles. The minimum Gasteiger partial charge on any atom is -0.388 e. The molecular formula is C14H21FN4O2. The summed E-state index contributed by atoms with van der Waals surface area (Å²) in [5.74, 6) is 0.502. The van der Waals surface area contributed by atoms with Crippen LogP contribution in [0.4, 0.5) is 16.2 Å². The second kappa shape index (κ2) is 5.38. The molecule has 2 aliphatic heterocycles. The Kier molecular flexibility index (Phi) is 3.71. The lowest BCUT2D eigenvalue weighted by Crippen LogP contribution is -2.38. The van der Waals surface area contributed by atoms with E-state index in [4.69, 9.17) is 4.74 Å². The molecule has 0 aliphatic carbocycles. The molecule has 6 nitrogen and oxygen atoms in total. The summed E-state index contributed by atoms with van der Waals surface area (Å²) in [4.78, 5) is 12.3. The molecule has 0 saturated carbocycles. The van der Waals surface area contributed by atoms with Crippen LogP contribution in [0.3, 0.4) is 0 Å². The minimum absolute atomic E-state index is 0.123. The molecule has 21 heavy (non-hydrogen) atoms. The number of nitrogens with zero attached hydrogens (tertiary/aromatic N) is 4. The first-order valence-corrected chi connectivity index (χ1v) is 7.30. The van der Waals surface area contributed by atoms with Crippen LogP contribution in [0.5, 0.6) is 0 Å². The van der Waals surface area contributed by atoms with Crippen molar-refractivity contribution in [3.05, 3.63) is 12.0 Å². The highest BCUT2D eigenvalue weighted by Crippen LogP contribution is 2.30. The van der Waals surface area contributed by atoms with Crippen LogP contribution in [0.25, 0.3) is 0 Å². The van der Waals surface area contributed by atoms with Gasteiger partial charge in [0.1, 0.15) is 0 Å². The van der Waals surface area contributed by atoms with E-state index in [0.29, 0.717) is 51.2 Å². The molecule has 0 unspecified atom stereocenters. The van der Waals surface area contributed by atoms with E-state index in [-0.39, 0.29) is 5.92 Å². The van der Waals surface area contributed by atoms with Gasteiger partial charge in [-0.25, -0.2) is 9.37 Å². The summed E-state index contributed by atoms with van der Waals surface area (Å²) < 4.78 is 19.3. The lowest BCUT2D eigenvalue weighted by molar-refractivity contribution is 0.0443. The van der Waals surface area contributed by atoms with Gasteiger partial charge in [-0.15, -0.1) is 0 Å². The second-order valence-corrected chi connectivity index (χ2v) is 6.08. The highest BCUT2D eigenvalue weighted by atomic mass is 19.1. The van der Waals surface area contributed by atoms with E-state index in [1.807, 2.05) is 23.6 Å². The fourth-order valence-corrected chi connectivity index (χ4v) is 2.78. The van der Waals surface area contributed by atoms with Gasteiger partial charge in [0, 0.05) is 32.1 Å². The number of rotatable bonds is 2. The lowest BCUT2D eigenvalue weighted by Gasteiger charge is -2.28. The molecule has 3 rings (SSSR count). The summed E-state index contributed by atoms with van der Waals surface area (Å²) in [7, 11) is 0. The number of hydrogen-bond donors (Lipinski definition) is 1. The minimum atomic E-state index is -0.767. The third-order valence-electron chi connectivity index (χ3n) is 4.37. The molecule has 0 bridgehead atoms. The van der Waals surface area contributed by atoms with Crippen LogP contribution >= 0.6 is 0 Å². The number of morpholine rings is 1. The average Bonchev–Trinajstić information content (AvgIpc) is 2.74. The predicted octanol–water partition coefficient (Wildman–Crippen LogP) is 0.659. The molecule has 0 radical (unpaired) electrons. The molecule has 2 aliphatic rings. The molecule has 2 atom stereocenters. The van der Waals surface area contributed by atoms with Gasteiger partial charge in [0.2, 0.25) is 5.95 Å². The van der Waals surface area contributed by atoms with Crippen LogP contribution in [0.1, 0.15) is 13.8 Å². The molecule has 1 aromatic rings. The van der Waals surface area contributed by atoms with E-state index in [0.717, 1.165) is 0 Å². The van der Waals surface area contributed by atoms with Crippen LogP contribution in [0.15, 0.2) is 6.20 Å². The Morgan fingerprint density at radius 2 is 2.10 bits per heavy atom. The Balaban J connectivity index is 1.84. The molecule has 0 aromatic carbocycles. The Bertz CT molecular complexity index is 520. The molecule has 116 valence electrons. The third-order valence-corrected chi connectivity index (χ3v) is 4.37. The van der Waals surface area contributed by atoms with E-state index in [1.54, 1.807) is 0 Å². The zero-order chi connectivity index (χ0) is 15.0. The summed E-state index contributed by atoms with van der Waals surface area (Å²) in [5, 5.41) is 10.3. The number of aliphatic hydroxyl groups is 1. The maximum atomic E-state index is 14.0. The molecular weight excluding hydrogens is 275 g/mol. The van der Waals surface area contributed by atoms with Crippen molar-refractivity contribution >= 4 is 11.8 Å². The first kappa shape index (κ1) is 14.5. The van der Waals surface area contributed by atoms with Crippen LogP contribution in [-0.2, 0) is 4.74 Å². The van der Waals surface area contributed by atoms with E-state index in [9.17, 15) is 9.50 Å². The predicted molar refractivity (Wildman–Crippen MR) is 77.0 cm³/mol. The van der Waals surface area contributed by atoms with E-state index >= 15 is 0 Å². The Hall–Kier alpha value is -1.47. The van der Waals surface area contributed by atoms with E-state index in [2.05, 4.69) is 9.97 Å². The SMILES string of the molecule is C[C@@H]1CN(c2ncc(F)c(N3CCOCC3)n2)C[C@]1(C)O. The highest BCUT2D eigenvalue weighted by Gasteiger charge is 2.39. The van der Waals surface area contributed by atoms with Crippen LogP contribution in [0, 0.1) is 11.7 Å². The van der Waals surface area contributed by atoms with E-state index < -0.39 is 11.4 Å². The first-order chi connectivity index (χ1) is 9.97. The van der Waals surface area contributed by atoms with Gasteiger partial charge in [0.05, 0.1) is 25.0 Å². The molecule has 1 aromatic heterocycles. The van der Waals surface area contributed by atoms with Crippen molar-refractivity contribution in [1.29, 1.82) is 0 Å². The Labute approximate surface area is 123 Å². The monoisotopic (exact) mass is 296 g/mol. The maximum Gasteiger partial charge on any atom is 0.227 e. The fourth-order valence-electron chi connectivity index (χ4n) is 2.78. The number of aromatic nitrogens is 2. The van der Waals surface area contributed by atoms with Crippen molar-refractivity contribution in [3.8, 4) is 0 Å². The van der Waals surface area contributed by atoms with Crippen molar-refractivity contribution in [2.45, 2.75) is 19.4 Å². The van der Waals surface area contributed by atoms with Crippen LogP contribution in [-0.4, -0.2) is 60.1 Å². The smallest absolute Gasteiger partial charge is 0.227 e. The number of halogens is 1. The number of anilines is 2. The highest BCUT2D eigenvalue weighted by molar-refractivity contribution is 5.46. The van der Waals surface area contributed by atoms with Crippen LogP contribution < -0.4 is 9.80 Å². The number of β-amino-alcohol motifs (C(OH)–C–C–N with tert-alkyl or cyclic N) is 1. The summed E-state index contributed by atoms with van der Waals surface area (Å²) in [5.41, 5.74) is -0.767.